The van der Waals surface area contributed by atoms with Crippen LogP contribution in [0.3, 0.4) is 0 Å². The van der Waals surface area contributed by atoms with Crippen LogP contribution in [0.15, 0.2) is 53.4 Å². The van der Waals surface area contributed by atoms with Gasteiger partial charge in [-0.2, -0.15) is 9.50 Å². The molecule has 0 aliphatic rings. The average molecular weight is 363 g/mol. The van der Waals surface area contributed by atoms with Crippen molar-refractivity contribution in [3.8, 4) is 11.4 Å². The molecule has 0 spiro atoms. The summed E-state index contributed by atoms with van der Waals surface area (Å²) in [5, 5.41) is 10.4. The van der Waals surface area contributed by atoms with Crippen molar-refractivity contribution in [2.24, 2.45) is 0 Å². The van der Waals surface area contributed by atoms with Gasteiger partial charge in [-0.1, -0.05) is 0 Å². The molecule has 4 aromatic rings. The molecule has 0 fully saturated rings. The van der Waals surface area contributed by atoms with Crippen molar-refractivity contribution in [1.82, 2.24) is 29.9 Å². The molecule has 0 unspecified atom stereocenters. The third kappa shape index (κ3) is 3.76. The smallest absolute Gasteiger partial charge is 0.254 e. The van der Waals surface area contributed by atoms with E-state index in [1.165, 1.54) is 0 Å². The molecule has 136 valence electrons. The SMILES string of the molecule is Cc1cc(NCC(=O)NCc2ccco2)n2nc(-c3cccnc3)nc2n1. The van der Waals surface area contributed by atoms with Gasteiger partial charge in [0.25, 0.3) is 5.78 Å². The molecular weight excluding hydrogens is 346 g/mol. The van der Waals surface area contributed by atoms with E-state index in [-0.39, 0.29) is 12.5 Å². The highest BCUT2D eigenvalue weighted by Crippen LogP contribution is 2.17. The highest BCUT2D eigenvalue weighted by Gasteiger charge is 2.12. The summed E-state index contributed by atoms with van der Waals surface area (Å²) in [7, 11) is 0. The van der Waals surface area contributed by atoms with Crippen molar-refractivity contribution in [3.63, 3.8) is 0 Å². The first-order valence-electron chi connectivity index (χ1n) is 8.37. The molecule has 0 aliphatic heterocycles. The minimum Gasteiger partial charge on any atom is -0.467 e. The number of amides is 1. The van der Waals surface area contributed by atoms with Crippen molar-refractivity contribution in [2.45, 2.75) is 13.5 Å². The van der Waals surface area contributed by atoms with Crippen LogP contribution in [0.2, 0.25) is 0 Å². The summed E-state index contributed by atoms with van der Waals surface area (Å²) in [6.07, 6.45) is 4.95. The molecule has 2 N–H and O–H groups in total. The summed E-state index contributed by atoms with van der Waals surface area (Å²) in [4.78, 5) is 25.0. The first-order valence-corrected chi connectivity index (χ1v) is 8.37. The van der Waals surface area contributed by atoms with Gasteiger partial charge < -0.3 is 15.1 Å². The molecule has 0 atom stereocenters. The second kappa shape index (κ2) is 7.24. The van der Waals surface area contributed by atoms with E-state index in [0.29, 0.717) is 29.7 Å². The summed E-state index contributed by atoms with van der Waals surface area (Å²) < 4.78 is 6.77. The van der Waals surface area contributed by atoms with Gasteiger partial charge in [-0.25, -0.2) is 4.98 Å². The van der Waals surface area contributed by atoms with Crippen molar-refractivity contribution < 1.29 is 9.21 Å². The van der Waals surface area contributed by atoms with E-state index < -0.39 is 0 Å². The van der Waals surface area contributed by atoms with Crippen LogP contribution in [-0.4, -0.2) is 37.0 Å². The van der Waals surface area contributed by atoms with E-state index in [1.54, 1.807) is 35.3 Å². The number of nitrogens with one attached hydrogen (secondary N) is 2. The monoisotopic (exact) mass is 363 g/mol. The van der Waals surface area contributed by atoms with Crippen LogP contribution in [0.4, 0.5) is 5.82 Å². The zero-order valence-electron chi connectivity index (χ0n) is 14.6. The predicted molar refractivity (Wildman–Crippen MR) is 97.8 cm³/mol. The van der Waals surface area contributed by atoms with Gasteiger partial charge in [0.2, 0.25) is 5.91 Å². The summed E-state index contributed by atoms with van der Waals surface area (Å²) in [6.45, 7) is 2.29. The van der Waals surface area contributed by atoms with E-state index in [4.69, 9.17) is 4.42 Å². The second-order valence-corrected chi connectivity index (χ2v) is 5.88. The maximum Gasteiger partial charge on any atom is 0.254 e. The highest BCUT2D eigenvalue weighted by atomic mass is 16.3. The Hall–Kier alpha value is -3.75. The van der Waals surface area contributed by atoms with Crippen LogP contribution >= 0.6 is 0 Å². The molecule has 1 amide bonds. The Labute approximate surface area is 154 Å². The van der Waals surface area contributed by atoms with Gasteiger partial charge in [0, 0.05) is 29.7 Å². The molecule has 9 heteroatoms. The van der Waals surface area contributed by atoms with Crippen molar-refractivity contribution in [2.75, 3.05) is 11.9 Å². The van der Waals surface area contributed by atoms with Crippen LogP contribution in [0.1, 0.15) is 11.5 Å². The number of carbonyl (C=O) groups excluding carboxylic acids is 1. The van der Waals surface area contributed by atoms with E-state index in [0.717, 1.165) is 11.3 Å². The average Bonchev–Trinajstić information content (AvgIpc) is 3.34. The fourth-order valence-electron chi connectivity index (χ4n) is 2.56. The molecule has 0 aromatic carbocycles. The number of aromatic nitrogens is 5. The molecule has 0 saturated carbocycles. The Morgan fingerprint density at radius 1 is 1.26 bits per heavy atom. The zero-order chi connectivity index (χ0) is 18.6. The van der Waals surface area contributed by atoms with Crippen LogP contribution in [0, 0.1) is 6.92 Å². The fourth-order valence-corrected chi connectivity index (χ4v) is 2.56. The summed E-state index contributed by atoms with van der Waals surface area (Å²) >= 11 is 0. The molecule has 0 aliphatic carbocycles. The van der Waals surface area contributed by atoms with Gasteiger partial charge in [0.15, 0.2) is 5.82 Å². The predicted octanol–water partition coefficient (Wildman–Crippen LogP) is 1.82. The van der Waals surface area contributed by atoms with E-state index in [2.05, 4.69) is 30.7 Å². The third-order valence-corrected chi connectivity index (χ3v) is 3.83. The Kier molecular flexibility index (Phi) is 4.48. The molecule has 0 bridgehead atoms. The number of carbonyl (C=O) groups is 1. The molecule has 9 nitrogen and oxygen atoms in total. The number of anilines is 1. The number of hydrogen-bond acceptors (Lipinski definition) is 7. The fraction of sp³-hybridized carbons (Fsp3) is 0.167. The largest absolute Gasteiger partial charge is 0.467 e. The number of fused-ring (bicyclic) bond motifs is 1. The van der Waals surface area contributed by atoms with Gasteiger partial charge in [-0.15, -0.1) is 5.10 Å². The zero-order valence-corrected chi connectivity index (χ0v) is 14.6. The van der Waals surface area contributed by atoms with Crippen LogP contribution in [0.25, 0.3) is 17.2 Å². The first kappa shape index (κ1) is 16.7. The molecule has 4 aromatic heterocycles. The molecule has 0 saturated heterocycles. The lowest BCUT2D eigenvalue weighted by Crippen LogP contribution is -2.29. The Morgan fingerprint density at radius 3 is 2.96 bits per heavy atom. The van der Waals surface area contributed by atoms with E-state index in [9.17, 15) is 4.79 Å². The Bertz CT molecular complexity index is 1060. The normalized spacial score (nSPS) is 10.9. The standard InChI is InChI=1S/C18H17N7O2/c1-12-8-15(20-11-16(26)21-10-14-5-3-7-27-14)25-18(22-12)23-17(24-25)13-4-2-6-19-9-13/h2-9,20H,10-11H2,1H3,(H,21,26). The Balaban J connectivity index is 1.50. The summed E-state index contributed by atoms with van der Waals surface area (Å²) in [5.41, 5.74) is 1.56. The van der Waals surface area contributed by atoms with Gasteiger partial charge in [0.1, 0.15) is 11.6 Å². The maximum atomic E-state index is 12.1. The molecular formula is C18H17N7O2. The number of pyridine rings is 1. The molecule has 0 radical (unpaired) electrons. The minimum absolute atomic E-state index is 0.0847. The number of aryl methyl sites for hydroxylation is 1. The minimum atomic E-state index is -0.165. The molecule has 4 rings (SSSR count). The van der Waals surface area contributed by atoms with Gasteiger partial charge >= 0.3 is 0 Å². The number of nitrogens with zero attached hydrogens (tertiary/aromatic N) is 5. The highest BCUT2D eigenvalue weighted by molar-refractivity contribution is 5.80. The van der Waals surface area contributed by atoms with Crippen LogP contribution < -0.4 is 10.6 Å². The molecule has 27 heavy (non-hydrogen) atoms. The lowest BCUT2D eigenvalue weighted by atomic mass is 10.3. The lowest BCUT2D eigenvalue weighted by Gasteiger charge is -2.08. The number of rotatable bonds is 6. The van der Waals surface area contributed by atoms with E-state index >= 15 is 0 Å². The quantitative estimate of drug-likeness (QED) is 0.537. The van der Waals surface area contributed by atoms with Gasteiger partial charge in [-0.3, -0.25) is 9.78 Å². The van der Waals surface area contributed by atoms with Crippen molar-refractivity contribution in [3.05, 3.63) is 60.4 Å². The van der Waals surface area contributed by atoms with Crippen LogP contribution in [0.5, 0.6) is 0 Å². The summed E-state index contributed by atoms with van der Waals surface area (Å²) in [6, 6.07) is 9.10. The number of furan rings is 1. The van der Waals surface area contributed by atoms with E-state index in [1.807, 2.05) is 25.1 Å². The Morgan fingerprint density at radius 2 is 2.19 bits per heavy atom. The summed E-state index contributed by atoms with van der Waals surface area (Å²) in [5.74, 6) is 2.14. The maximum absolute atomic E-state index is 12.1. The van der Waals surface area contributed by atoms with Gasteiger partial charge in [-0.05, 0) is 31.2 Å². The van der Waals surface area contributed by atoms with Crippen molar-refractivity contribution in [1.29, 1.82) is 0 Å². The second-order valence-electron chi connectivity index (χ2n) is 5.88. The van der Waals surface area contributed by atoms with Crippen molar-refractivity contribution >= 4 is 17.5 Å². The lowest BCUT2D eigenvalue weighted by molar-refractivity contribution is -0.119. The topological polar surface area (TPSA) is 110 Å². The van der Waals surface area contributed by atoms with Gasteiger partial charge in [0.05, 0.1) is 19.4 Å². The first-order chi connectivity index (χ1) is 13.2. The number of hydrogen-bond donors (Lipinski definition) is 2. The van der Waals surface area contributed by atoms with Crippen LogP contribution in [-0.2, 0) is 11.3 Å². The third-order valence-electron chi connectivity index (χ3n) is 3.83. The molecule has 4 heterocycles.